The Morgan fingerprint density at radius 3 is 2.75 bits per heavy atom. The van der Waals surface area contributed by atoms with Crippen molar-refractivity contribution < 1.29 is 5.11 Å². The van der Waals surface area contributed by atoms with Gasteiger partial charge in [0.25, 0.3) is 0 Å². The molecule has 1 aliphatic rings. The number of hydrogen-bond donors (Lipinski definition) is 1. The van der Waals surface area contributed by atoms with Crippen LogP contribution in [0.25, 0.3) is 0 Å². The van der Waals surface area contributed by atoms with Gasteiger partial charge in [-0.1, -0.05) is 33.6 Å². The van der Waals surface area contributed by atoms with Gasteiger partial charge in [-0.05, 0) is 43.6 Å². The van der Waals surface area contributed by atoms with Crippen molar-refractivity contribution >= 4 is 0 Å². The van der Waals surface area contributed by atoms with E-state index in [9.17, 15) is 5.11 Å². The molecule has 3 nitrogen and oxygen atoms in total. The van der Waals surface area contributed by atoms with E-state index in [0.717, 1.165) is 31.5 Å². The molecular formula is C17H30N2O. The fourth-order valence-corrected chi connectivity index (χ4v) is 3.72. The van der Waals surface area contributed by atoms with Crippen molar-refractivity contribution in [3.05, 3.63) is 17.5 Å². The molecule has 0 bridgehead atoms. The molecule has 20 heavy (non-hydrogen) atoms. The van der Waals surface area contributed by atoms with E-state index >= 15 is 0 Å². The van der Waals surface area contributed by atoms with E-state index in [0.29, 0.717) is 5.92 Å². The molecule has 0 aliphatic heterocycles. The maximum Gasteiger partial charge on any atom is 0.0628 e. The van der Waals surface area contributed by atoms with Gasteiger partial charge >= 0.3 is 0 Å². The Labute approximate surface area is 123 Å². The van der Waals surface area contributed by atoms with Gasteiger partial charge in [0.1, 0.15) is 0 Å². The van der Waals surface area contributed by atoms with Crippen LogP contribution in [0.5, 0.6) is 0 Å². The Bertz CT molecular complexity index is 436. The standard InChI is InChI=1S/C17H30N2O/c1-5-13-11-14(19(6-2)18-13)12-16(20)15-9-7-8-10-17(15,3)4/h11,15-16,20H,5-10,12H2,1-4H3. The maximum atomic E-state index is 10.7. The molecule has 0 amide bonds. The predicted molar refractivity (Wildman–Crippen MR) is 82.7 cm³/mol. The number of aryl methyl sites for hydroxylation is 2. The van der Waals surface area contributed by atoms with Crippen LogP contribution in [0.4, 0.5) is 0 Å². The Hall–Kier alpha value is -0.830. The van der Waals surface area contributed by atoms with Crippen LogP contribution in [0.3, 0.4) is 0 Å². The van der Waals surface area contributed by atoms with Crippen LogP contribution in [-0.4, -0.2) is 21.0 Å². The van der Waals surface area contributed by atoms with Gasteiger partial charge in [-0.25, -0.2) is 0 Å². The average molecular weight is 278 g/mol. The second-order valence-corrected chi connectivity index (χ2v) is 6.91. The molecule has 0 radical (unpaired) electrons. The molecule has 114 valence electrons. The summed E-state index contributed by atoms with van der Waals surface area (Å²) in [5, 5.41) is 15.3. The Kier molecular flexibility index (Phi) is 4.90. The summed E-state index contributed by atoms with van der Waals surface area (Å²) in [6.07, 6.45) is 6.44. The fourth-order valence-electron chi connectivity index (χ4n) is 3.72. The van der Waals surface area contributed by atoms with Gasteiger partial charge in [0.05, 0.1) is 11.8 Å². The maximum absolute atomic E-state index is 10.7. The zero-order valence-corrected chi connectivity index (χ0v) is 13.5. The van der Waals surface area contributed by atoms with Crippen LogP contribution in [0.2, 0.25) is 0 Å². The van der Waals surface area contributed by atoms with E-state index < -0.39 is 0 Å². The van der Waals surface area contributed by atoms with Gasteiger partial charge < -0.3 is 5.11 Å². The topological polar surface area (TPSA) is 38.0 Å². The van der Waals surface area contributed by atoms with Gasteiger partial charge in [0, 0.05) is 18.7 Å². The Balaban J connectivity index is 2.10. The number of hydrogen-bond acceptors (Lipinski definition) is 2. The van der Waals surface area contributed by atoms with E-state index in [1.165, 1.54) is 25.0 Å². The van der Waals surface area contributed by atoms with Gasteiger partial charge in [-0.3, -0.25) is 4.68 Å². The molecule has 1 heterocycles. The third-order valence-corrected chi connectivity index (χ3v) is 5.05. The Morgan fingerprint density at radius 1 is 1.40 bits per heavy atom. The molecule has 0 spiro atoms. The monoisotopic (exact) mass is 278 g/mol. The number of aliphatic hydroxyl groups excluding tert-OH is 1. The summed E-state index contributed by atoms with van der Waals surface area (Å²) in [6, 6.07) is 2.17. The SMILES string of the molecule is CCc1cc(CC(O)C2CCCCC2(C)C)n(CC)n1. The minimum Gasteiger partial charge on any atom is -0.392 e. The molecule has 2 unspecified atom stereocenters. The second-order valence-electron chi connectivity index (χ2n) is 6.91. The van der Waals surface area contributed by atoms with E-state index in [1.54, 1.807) is 0 Å². The van der Waals surface area contributed by atoms with Crippen molar-refractivity contribution in [2.24, 2.45) is 11.3 Å². The lowest BCUT2D eigenvalue weighted by atomic mass is 9.66. The highest BCUT2D eigenvalue weighted by molar-refractivity contribution is 5.12. The van der Waals surface area contributed by atoms with E-state index in [4.69, 9.17) is 0 Å². The summed E-state index contributed by atoms with van der Waals surface area (Å²) < 4.78 is 2.05. The van der Waals surface area contributed by atoms with E-state index in [2.05, 4.69) is 43.5 Å². The quantitative estimate of drug-likeness (QED) is 0.894. The van der Waals surface area contributed by atoms with Crippen molar-refractivity contribution in [1.29, 1.82) is 0 Å². The number of nitrogens with zero attached hydrogens (tertiary/aromatic N) is 2. The van der Waals surface area contributed by atoms with Gasteiger partial charge in [-0.15, -0.1) is 0 Å². The van der Waals surface area contributed by atoms with Crippen molar-refractivity contribution in [2.45, 2.75) is 78.9 Å². The highest BCUT2D eigenvalue weighted by Crippen LogP contribution is 2.42. The highest BCUT2D eigenvalue weighted by atomic mass is 16.3. The zero-order valence-electron chi connectivity index (χ0n) is 13.5. The molecule has 2 atom stereocenters. The summed E-state index contributed by atoms with van der Waals surface area (Å²) in [5.41, 5.74) is 2.60. The van der Waals surface area contributed by atoms with Crippen molar-refractivity contribution in [3.63, 3.8) is 0 Å². The lowest BCUT2D eigenvalue weighted by molar-refractivity contribution is 0.00478. The summed E-state index contributed by atoms with van der Waals surface area (Å²) in [5.74, 6) is 0.418. The molecule has 1 aromatic heterocycles. The normalized spacial score (nSPS) is 23.8. The summed E-state index contributed by atoms with van der Waals surface area (Å²) >= 11 is 0. The third-order valence-electron chi connectivity index (χ3n) is 5.05. The molecule has 1 aliphatic carbocycles. The molecule has 1 saturated carbocycles. The summed E-state index contributed by atoms with van der Waals surface area (Å²) in [4.78, 5) is 0. The molecule has 1 aromatic rings. The van der Waals surface area contributed by atoms with Gasteiger partial charge in [0.2, 0.25) is 0 Å². The lowest BCUT2D eigenvalue weighted by Gasteiger charge is -2.41. The fraction of sp³-hybridized carbons (Fsp3) is 0.824. The molecule has 3 heteroatoms. The van der Waals surface area contributed by atoms with Crippen LogP contribution >= 0.6 is 0 Å². The largest absolute Gasteiger partial charge is 0.392 e. The first-order valence-electron chi connectivity index (χ1n) is 8.21. The smallest absolute Gasteiger partial charge is 0.0628 e. The van der Waals surface area contributed by atoms with Crippen molar-refractivity contribution in [2.75, 3.05) is 0 Å². The first-order chi connectivity index (χ1) is 9.47. The number of rotatable bonds is 5. The lowest BCUT2D eigenvalue weighted by Crippen LogP contribution is -2.38. The highest BCUT2D eigenvalue weighted by Gasteiger charge is 2.37. The van der Waals surface area contributed by atoms with Gasteiger partial charge in [0.15, 0.2) is 0 Å². The molecular weight excluding hydrogens is 248 g/mol. The molecule has 0 saturated heterocycles. The van der Waals surface area contributed by atoms with Crippen molar-refractivity contribution in [1.82, 2.24) is 9.78 Å². The van der Waals surface area contributed by atoms with Gasteiger partial charge in [-0.2, -0.15) is 5.10 Å². The minimum atomic E-state index is -0.239. The summed E-state index contributed by atoms with van der Waals surface area (Å²) in [6.45, 7) is 9.76. The first-order valence-corrected chi connectivity index (χ1v) is 8.21. The molecule has 2 rings (SSSR count). The molecule has 1 N–H and O–H groups in total. The molecule has 1 fully saturated rings. The molecule has 0 aromatic carbocycles. The van der Waals surface area contributed by atoms with Crippen LogP contribution in [-0.2, 0) is 19.4 Å². The van der Waals surface area contributed by atoms with E-state index in [-0.39, 0.29) is 11.5 Å². The van der Waals surface area contributed by atoms with Crippen LogP contribution in [0, 0.1) is 11.3 Å². The zero-order chi connectivity index (χ0) is 14.8. The number of aromatic nitrogens is 2. The van der Waals surface area contributed by atoms with Crippen LogP contribution in [0.1, 0.15) is 64.8 Å². The number of aliphatic hydroxyl groups is 1. The van der Waals surface area contributed by atoms with E-state index in [1.807, 2.05) is 0 Å². The third kappa shape index (κ3) is 3.25. The summed E-state index contributed by atoms with van der Waals surface area (Å²) in [7, 11) is 0. The Morgan fingerprint density at radius 2 is 2.15 bits per heavy atom. The second kappa shape index (κ2) is 6.30. The first kappa shape index (κ1) is 15.6. The minimum absolute atomic E-state index is 0.239. The average Bonchev–Trinajstić information content (AvgIpc) is 2.80. The van der Waals surface area contributed by atoms with Crippen LogP contribution < -0.4 is 0 Å². The van der Waals surface area contributed by atoms with Crippen LogP contribution in [0.15, 0.2) is 6.07 Å². The predicted octanol–water partition coefficient (Wildman–Crippen LogP) is 3.59. The van der Waals surface area contributed by atoms with Crippen molar-refractivity contribution in [3.8, 4) is 0 Å².